The average Bonchev–Trinajstić information content (AvgIpc) is 3.15. The summed E-state index contributed by atoms with van der Waals surface area (Å²) >= 11 is 0. The number of carbonyl (C=O) groups excluding carboxylic acids is 3. The molecule has 0 atom stereocenters. The van der Waals surface area contributed by atoms with Crippen LogP contribution in [0, 0.1) is 0 Å². The molecule has 1 spiro atoms. The molecule has 2 aliphatic rings. The van der Waals surface area contributed by atoms with Crippen molar-refractivity contribution in [3.05, 3.63) is 54.1 Å². The van der Waals surface area contributed by atoms with Crippen molar-refractivity contribution in [2.45, 2.75) is 31.7 Å². The zero-order valence-electron chi connectivity index (χ0n) is 21.2. The smallest absolute Gasteiger partial charge is 0.250 e. The highest BCUT2D eigenvalue weighted by Crippen LogP contribution is 2.39. The normalized spacial score (nSPS) is 16.9. The summed E-state index contributed by atoms with van der Waals surface area (Å²) < 4.78 is 10.6. The third-order valence-electron chi connectivity index (χ3n) is 7.14. The lowest BCUT2D eigenvalue weighted by Gasteiger charge is -2.43. The maximum absolute atomic E-state index is 13.7. The van der Waals surface area contributed by atoms with Crippen molar-refractivity contribution in [1.82, 2.24) is 15.1 Å². The van der Waals surface area contributed by atoms with Crippen molar-refractivity contribution in [3.8, 4) is 11.5 Å². The fourth-order valence-electron chi connectivity index (χ4n) is 5.13. The molecule has 9 nitrogen and oxygen atoms in total. The van der Waals surface area contributed by atoms with Gasteiger partial charge in [0.1, 0.15) is 12.1 Å². The van der Waals surface area contributed by atoms with E-state index in [1.807, 2.05) is 48.5 Å². The Balaban J connectivity index is 1.40. The molecule has 0 unspecified atom stereocenters. The Kier molecular flexibility index (Phi) is 7.67. The van der Waals surface area contributed by atoms with E-state index in [4.69, 9.17) is 9.47 Å². The van der Waals surface area contributed by atoms with Crippen molar-refractivity contribution < 1.29 is 23.9 Å². The highest BCUT2D eigenvalue weighted by Gasteiger charge is 2.54. The summed E-state index contributed by atoms with van der Waals surface area (Å²) in [5.74, 6) is 1.07. The van der Waals surface area contributed by atoms with Crippen LogP contribution < -0.4 is 19.7 Å². The van der Waals surface area contributed by atoms with Gasteiger partial charge in [0.25, 0.3) is 5.91 Å². The number of carbonyl (C=O) groups is 3. The van der Waals surface area contributed by atoms with E-state index in [1.54, 1.807) is 30.9 Å². The molecular formula is C27H34N4O5. The monoisotopic (exact) mass is 494 g/mol. The number of para-hydroxylation sites is 1. The zero-order chi connectivity index (χ0) is 25.7. The van der Waals surface area contributed by atoms with Crippen LogP contribution in [0.1, 0.15) is 25.3 Å². The van der Waals surface area contributed by atoms with E-state index in [0.29, 0.717) is 57.1 Å². The van der Waals surface area contributed by atoms with E-state index in [0.717, 1.165) is 11.3 Å². The number of nitrogens with one attached hydrogen (secondary N) is 1. The lowest BCUT2D eigenvalue weighted by atomic mass is 9.85. The van der Waals surface area contributed by atoms with Crippen LogP contribution in [0.5, 0.6) is 11.5 Å². The van der Waals surface area contributed by atoms with Crippen LogP contribution in [0.25, 0.3) is 0 Å². The van der Waals surface area contributed by atoms with E-state index in [9.17, 15) is 14.4 Å². The number of methoxy groups -OCH3 is 2. The fraction of sp³-hybridized carbons (Fsp3) is 0.444. The molecule has 2 saturated heterocycles. The molecule has 0 aliphatic carbocycles. The number of anilines is 1. The summed E-state index contributed by atoms with van der Waals surface area (Å²) in [6, 6.07) is 15.5. The Hall–Kier alpha value is -3.75. The Labute approximate surface area is 211 Å². The molecule has 192 valence electrons. The van der Waals surface area contributed by atoms with Crippen molar-refractivity contribution in [3.63, 3.8) is 0 Å². The van der Waals surface area contributed by atoms with Gasteiger partial charge in [-0.3, -0.25) is 14.4 Å². The number of rotatable bonds is 8. The van der Waals surface area contributed by atoms with Gasteiger partial charge in [0, 0.05) is 32.2 Å². The molecule has 2 fully saturated rings. The second kappa shape index (κ2) is 10.9. The number of nitrogens with zero attached hydrogens (tertiary/aromatic N) is 3. The van der Waals surface area contributed by atoms with Gasteiger partial charge in [-0.05, 0) is 49.1 Å². The van der Waals surface area contributed by atoms with Crippen molar-refractivity contribution in [2.24, 2.45) is 0 Å². The summed E-state index contributed by atoms with van der Waals surface area (Å²) in [5, 5.41) is 2.94. The van der Waals surface area contributed by atoms with Crippen LogP contribution in [0.2, 0.25) is 0 Å². The van der Waals surface area contributed by atoms with Gasteiger partial charge < -0.3 is 29.5 Å². The highest BCUT2D eigenvalue weighted by molar-refractivity contribution is 5.96. The van der Waals surface area contributed by atoms with Crippen LogP contribution in [-0.2, 0) is 20.8 Å². The van der Waals surface area contributed by atoms with E-state index in [1.165, 1.54) is 0 Å². The second-order valence-electron chi connectivity index (χ2n) is 9.24. The number of ether oxygens (including phenoxy) is 2. The second-order valence-corrected chi connectivity index (χ2v) is 9.24. The first-order chi connectivity index (χ1) is 17.4. The van der Waals surface area contributed by atoms with Crippen molar-refractivity contribution in [1.29, 1.82) is 0 Å². The Bertz CT molecular complexity index is 1100. The minimum Gasteiger partial charge on any atom is -0.493 e. The summed E-state index contributed by atoms with van der Waals surface area (Å²) in [7, 11) is 3.18. The standard InChI is InChI=1S/C27H34N4O5/c1-20(32)29-15-12-27(13-16-29)26(34)30(19-31(27)22-7-5-4-6-8-22)18-25(33)28-14-11-21-9-10-23(35-2)24(17-21)36-3/h4-10,17H,11-16,18-19H2,1-3H3,(H,28,33). The van der Waals surface area contributed by atoms with Gasteiger partial charge in [-0.1, -0.05) is 24.3 Å². The van der Waals surface area contributed by atoms with Gasteiger partial charge in [-0.15, -0.1) is 0 Å². The molecule has 2 aliphatic heterocycles. The molecule has 2 heterocycles. The predicted molar refractivity (Wildman–Crippen MR) is 136 cm³/mol. The SMILES string of the molecule is COc1ccc(CCNC(=O)CN2CN(c3ccccc3)C3(CCN(C(C)=O)CC3)C2=O)cc1OC. The largest absolute Gasteiger partial charge is 0.493 e. The average molecular weight is 495 g/mol. The first-order valence-corrected chi connectivity index (χ1v) is 12.2. The molecule has 1 N–H and O–H groups in total. The number of hydrogen-bond acceptors (Lipinski definition) is 6. The third kappa shape index (κ3) is 5.10. The van der Waals surface area contributed by atoms with Gasteiger partial charge in [-0.25, -0.2) is 0 Å². The van der Waals surface area contributed by atoms with E-state index < -0.39 is 5.54 Å². The van der Waals surface area contributed by atoms with E-state index >= 15 is 0 Å². The maximum Gasteiger partial charge on any atom is 0.250 e. The molecule has 3 amide bonds. The molecule has 4 rings (SSSR count). The number of amides is 3. The first kappa shape index (κ1) is 25.3. The lowest BCUT2D eigenvalue weighted by molar-refractivity contribution is -0.139. The number of benzene rings is 2. The molecule has 0 bridgehead atoms. The van der Waals surface area contributed by atoms with Gasteiger partial charge in [0.15, 0.2) is 11.5 Å². The van der Waals surface area contributed by atoms with Gasteiger partial charge >= 0.3 is 0 Å². The Morgan fingerprint density at radius 3 is 2.33 bits per heavy atom. The van der Waals surface area contributed by atoms with Gasteiger partial charge in [0.05, 0.1) is 20.9 Å². The Morgan fingerprint density at radius 1 is 1.00 bits per heavy atom. The number of likely N-dealkylation sites (tertiary alicyclic amines) is 1. The quantitative estimate of drug-likeness (QED) is 0.604. The number of hydrogen-bond donors (Lipinski definition) is 1. The van der Waals surface area contributed by atoms with Crippen LogP contribution in [-0.4, -0.2) is 80.1 Å². The first-order valence-electron chi connectivity index (χ1n) is 12.2. The predicted octanol–water partition coefficient (Wildman–Crippen LogP) is 2.05. The van der Waals surface area contributed by atoms with Crippen LogP contribution in [0.15, 0.2) is 48.5 Å². The summed E-state index contributed by atoms with van der Waals surface area (Å²) in [6.45, 7) is 3.38. The molecule has 2 aromatic rings. The molecule has 36 heavy (non-hydrogen) atoms. The van der Waals surface area contributed by atoms with E-state index in [2.05, 4.69) is 10.2 Å². The van der Waals surface area contributed by atoms with Gasteiger partial charge in [-0.2, -0.15) is 0 Å². The number of piperidine rings is 1. The fourth-order valence-corrected chi connectivity index (χ4v) is 5.13. The Morgan fingerprint density at radius 2 is 1.69 bits per heavy atom. The summed E-state index contributed by atoms with van der Waals surface area (Å²) in [5.41, 5.74) is 1.21. The molecular weight excluding hydrogens is 460 g/mol. The third-order valence-corrected chi connectivity index (χ3v) is 7.14. The highest BCUT2D eigenvalue weighted by atomic mass is 16.5. The molecule has 2 aromatic carbocycles. The lowest BCUT2D eigenvalue weighted by Crippen LogP contribution is -2.57. The summed E-state index contributed by atoms with van der Waals surface area (Å²) in [6.07, 6.45) is 1.70. The minimum atomic E-state index is -0.743. The molecule has 0 aromatic heterocycles. The van der Waals surface area contributed by atoms with Crippen molar-refractivity contribution in [2.75, 3.05) is 52.0 Å². The van der Waals surface area contributed by atoms with Gasteiger partial charge in [0.2, 0.25) is 11.8 Å². The minimum absolute atomic E-state index is 0.00767. The van der Waals surface area contributed by atoms with E-state index in [-0.39, 0.29) is 24.3 Å². The molecule has 0 radical (unpaired) electrons. The summed E-state index contributed by atoms with van der Waals surface area (Å²) in [4.78, 5) is 43.8. The van der Waals surface area contributed by atoms with Crippen LogP contribution in [0.4, 0.5) is 5.69 Å². The van der Waals surface area contributed by atoms with Crippen LogP contribution in [0.3, 0.4) is 0 Å². The zero-order valence-corrected chi connectivity index (χ0v) is 21.2. The maximum atomic E-state index is 13.7. The molecule has 9 heteroatoms. The topological polar surface area (TPSA) is 91.4 Å². The van der Waals surface area contributed by atoms with Crippen LogP contribution >= 0.6 is 0 Å². The van der Waals surface area contributed by atoms with Crippen molar-refractivity contribution >= 4 is 23.4 Å². The molecule has 0 saturated carbocycles.